The van der Waals surface area contributed by atoms with Crippen LogP contribution in [0.15, 0.2) is 47.6 Å². The van der Waals surface area contributed by atoms with Crippen LogP contribution in [0.4, 0.5) is 0 Å². The van der Waals surface area contributed by atoms with E-state index in [0.29, 0.717) is 18.1 Å². The summed E-state index contributed by atoms with van der Waals surface area (Å²) >= 11 is 0. The van der Waals surface area contributed by atoms with E-state index in [-0.39, 0.29) is 17.7 Å². The highest BCUT2D eigenvalue weighted by Gasteiger charge is 2.13. The number of nitrogens with zero attached hydrogens (tertiary/aromatic N) is 1. The Morgan fingerprint density at radius 3 is 2.41 bits per heavy atom. The molecule has 1 amide bonds. The number of hydrogen-bond donors (Lipinski definition) is 1. The highest BCUT2D eigenvalue weighted by atomic mass is 16.5. The number of carbonyl (C=O) groups excluding carboxylic acids is 1. The maximum Gasteiger partial charge on any atom is 0.244 e. The van der Waals surface area contributed by atoms with Crippen molar-refractivity contribution >= 4 is 12.1 Å². The van der Waals surface area contributed by atoms with E-state index in [1.54, 1.807) is 13.3 Å². The van der Waals surface area contributed by atoms with E-state index in [1.165, 1.54) is 5.56 Å². The quantitative estimate of drug-likeness (QED) is 0.592. The summed E-state index contributed by atoms with van der Waals surface area (Å²) in [5.41, 5.74) is 5.67. The van der Waals surface area contributed by atoms with Crippen molar-refractivity contribution < 1.29 is 14.3 Å². The second-order valence-electron chi connectivity index (χ2n) is 7.26. The fraction of sp³-hybridized carbons (Fsp3) is 0.364. The molecule has 0 unspecified atom stereocenters. The second kappa shape index (κ2) is 9.21. The van der Waals surface area contributed by atoms with E-state index in [9.17, 15) is 4.79 Å². The fourth-order valence-corrected chi connectivity index (χ4v) is 2.57. The van der Waals surface area contributed by atoms with Crippen LogP contribution in [0.25, 0.3) is 0 Å². The highest BCUT2D eigenvalue weighted by Crippen LogP contribution is 2.27. The molecule has 27 heavy (non-hydrogen) atoms. The molecule has 0 spiro atoms. The number of methoxy groups -OCH3 is 1. The molecule has 0 aromatic heterocycles. The first-order valence-electron chi connectivity index (χ1n) is 9.05. The minimum absolute atomic E-state index is 0.101. The molecule has 0 bridgehead atoms. The zero-order valence-electron chi connectivity index (χ0n) is 16.7. The lowest BCUT2D eigenvalue weighted by Crippen LogP contribution is -2.20. The lowest BCUT2D eigenvalue weighted by atomic mass is 9.86. The number of benzene rings is 2. The van der Waals surface area contributed by atoms with Gasteiger partial charge in [0.2, 0.25) is 5.91 Å². The van der Waals surface area contributed by atoms with Gasteiger partial charge < -0.3 is 9.47 Å². The summed E-state index contributed by atoms with van der Waals surface area (Å²) in [4.78, 5) is 12.1. The van der Waals surface area contributed by atoms with Gasteiger partial charge in [-0.1, -0.05) is 45.0 Å². The summed E-state index contributed by atoms with van der Waals surface area (Å²) in [6.45, 7) is 8.98. The van der Waals surface area contributed by atoms with Crippen LogP contribution in [0.1, 0.15) is 44.4 Å². The monoisotopic (exact) mass is 368 g/mol. The third-order valence-electron chi connectivity index (χ3n) is 4.08. The van der Waals surface area contributed by atoms with Crippen molar-refractivity contribution in [3.05, 3.63) is 59.2 Å². The molecule has 0 heterocycles. The molecule has 0 aliphatic carbocycles. The lowest BCUT2D eigenvalue weighted by molar-refractivity contribution is -0.120. The smallest absolute Gasteiger partial charge is 0.244 e. The molecule has 5 heteroatoms. The molecule has 2 aromatic carbocycles. The average Bonchev–Trinajstić information content (AvgIpc) is 2.62. The van der Waals surface area contributed by atoms with Gasteiger partial charge >= 0.3 is 0 Å². The van der Waals surface area contributed by atoms with Gasteiger partial charge in [0, 0.05) is 0 Å². The predicted octanol–water partition coefficient (Wildman–Crippen LogP) is 4.08. The van der Waals surface area contributed by atoms with E-state index < -0.39 is 0 Å². The molecule has 5 nitrogen and oxygen atoms in total. The molecule has 0 saturated heterocycles. The van der Waals surface area contributed by atoms with Gasteiger partial charge in [0.25, 0.3) is 0 Å². The number of ether oxygens (including phenoxy) is 2. The van der Waals surface area contributed by atoms with Crippen molar-refractivity contribution in [1.29, 1.82) is 0 Å². The molecule has 0 fully saturated rings. The molecule has 1 N–H and O–H groups in total. The first kappa shape index (κ1) is 20.5. The first-order chi connectivity index (χ1) is 12.8. The summed E-state index contributed by atoms with van der Waals surface area (Å²) in [6, 6.07) is 13.6. The van der Waals surface area contributed by atoms with Crippen molar-refractivity contribution in [2.24, 2.45) is 5.10 Å². The summed E-state index contributed by atoms with van der Waals surface area (Å²) in [5.74, 6) is 1.15. The normalized spacial score (nSPS) is 11.4. The summed E-state index contributed by atoms with van der Waals surface area (Å²) in [7, 11) is 1.59. The van der Waals surface area contributed by atoms with Crippen molar-refractivity contribution in [3.63, 3.8) is 0 Å². The lowest BCUT2D eigenvalue weighted by Gasteiger charge is -2.19. The van der Waals surface area contributed by atoms with Gasteiger partial charge in [-0.25, -0.2) is 5.43 Å². The SMILES string of the molecule is CCOc1ccc(/C=N\NC(=O)Cc2ccc(C(C)(C)C)cc2)cc1OC. The molecule has 0 aliphatic heterocycles. The van der Waals surface area contributed by atoms with Gasteiger partial charge in [0.1, 0.15) is 0 Å². The van der Waals surface area contributed by atoms with Crippen LogP contribution in [0.2, 0.25) is 0 Å². The molecular formula is C22H28N2O3. The zero-order valence-corrected chi connectivity index (χ0v) is 16.7. The number of amides is 1. The Labute approximate surface area is 161 Å². The Morgan fingerprint density at radius 2 is 1.81 bits per heavy atom. The molecule has 0 aliphatic rings. The highest BCUT2D eigenvalue weighted by molar-refractivity contribution is 5.84. The molecule has 2 aromatic rings. The third kappa shape index (κ3) is 6.13. The van der Waals surface area contributed by atoms with Gasteiger partial charge in [0.15, 0.2) is 11.5 Å². The zero-order chi connectivity index (χ0) is 19.9. The van der Waals surface area contributed by atoms with Crippen molar-refractivity contribution in [1.82, 2.24) is 5.43 Å². The molecule has 0 atom stereocenters. The maximum atomic E-state index is 12.1. The van der Waals surface area contributed by atoms with Gasteiger partial charge in [-0.05, 0) is 47.2 Å². The molecule has 0 radical (unpaired) electrons. The topological polar surface area (TPSA) is 59.9 Å². The van der Waals surface area contributed by atoms with Crippen LogP contribution in [-0.2, 0) is 16.6 Å². The molecular weight excluding hydrogens is 340 g/mol. The van der Waals surface area contributed by atoms with E-state index in [4.69, 9.17) is 9.47 Å². The van der Waals surface area contributed by atoms with Crippen molar-refractivity contribution in [2.75, 3.05) is 13.7 Å². The van der Waals surface area contributed by atoms with E-state index in [0.717, 1.165) is 11.1 Å². The third-order valence-corrected chi connectivity index (χ3v) is 4.08. The van der Waals surface area contributed by atoms with Crippen molar-refractivity contribution in [2.45, 2.75) is 39.5 Å². The van der Waals surface area contributed by atoms with E-state index in [1.807, 2.05) is 37.3 Å². The summed E-state index contributed by atoms with van der Waals surface area (Å²) in [6.07, 6.45) is 1.87. The van der Waals surface area contributed by atoms with Gasteiger partial charge in [-0.2, -0.15) is 5.10 Å². The Morgan fingerprint density at radius 1 is 1.11 bits per heavy atom. The van der Waals surface area contributed by atoms with Crippen LogP contribution in [0.3, 0.4) is 0 Å². The van der Waals surface area contributed by atoms with Crippen LogP contribution >= 0.6 is 0 Å². The standard InChI is InChI=1S/C22H28N2O3/c1-6-27-19-12-9-17(13-20(19)26-5)15-23-24-21(25)14-16-7-10-18(11-8-16)22(2,3)4/h7-13,15H,6,14H2,1-5H3,(H,24,25)/b23-15-. The van der Waals surface area contributed by atoms with Crippen LogP contribution < -0.4 is 14.9 Å². The van der Waals surface area contributed by atoms with Gasteiger partial charge in [0.05, 0.1) is 26.4 Å². The number of hydrazone groups is 1. The maximum absolute atomic E-state index is 12.1. The molecule has 144 valence electrons. The van der Waals surface area contributed by atoms with Crippen LogP contribution in [0.5, 0.6) is 11.5 Å². The van der Waals surface area contributed by atoms with Gasteiger partial charge in [-0.3, -0.25) is 4.79 Å². The summed E-state index contributed by atoms with van der Waals surface area (Å²) < 4.78 is 10.8. The Balaban J connectivity index is 1.93. The second-order valence-corrected chi connectivity index (χ2v) is 7.26. The first-order valence-corrected chi connectivity index (χ1v) is 9.05. The minimum atomic E-state index is -0.160. The van der Waals surface area contributed by atoms with E-state index in [2.05, 4.69) is 43.4 Å². The largest absolute Gasteiger partial charge is 0.493 e. The minimum Gasteiger partial charge on any atom is -0.493 e. The predicted molar refractivity (Wildman–Crippen MR) is 109 cm³/mol. The van der Waals surface area contributed by atoms with E-state index >= 15 is 0 Å². The van der Waals surface area contributed by atoms with Crippen LogP contribution in [0, 0.1) is 0 Å². The van der Waals surface area contributed by atoms with Crippen molar-refractivity contribution in [3.8, 4) is 11.5 Å². The Bertz CT molecular complexity index is 790. The van der Waals surface area contributed by atoms with Crippen LogP contribution in [-0.4, -0.2) is 25.8 Å². The average molecular weight is 368 g/mol. The van der Waals surface area contributed by atoms with Gasteiger partial charge in [-0.15, -0.1) is 0 Å². The molecule has 0 saturated carbocycles. The fourth-order valence-electron chi connectivity index (χ4n) is 2.57. The number of rotatable bonds is 7. The number of carbonyl (C=O) groups is 1. The number of hydrogen-bond acceptors (Lipinski definition) is 4. The summed E-state index contributed by atoms with van der Waals surface area (Å²) in [5, 5.41) is 4.02. The Kier molecular flexibility index (Phi) is 6.99. The number of nitrogens with one attached hydrogen (secondary N) is 1. The molecule has 2 rings (SSSR count). The Hall–Kier alpha value is -2.82.